The van der Waals surface area contributed by atoms with Crippen molar-refractivity contribution in [3.63, 3.8) is 0 Å². The molecule has 1 aromatic carbocycles. The lowest BCUT2D eigenvalue weighted by molar-refractivity contribution is -0.131. The molecule has 0 N–H and O–H groups in total. The first kappa shape index (κ1) is 19.8. The number of amides is 1. The lowest BCUT2D eigenvalue weighted by Gasteiger charge is -2.25. The van der Waals surface area contributed by atoms with Crippen LogP contribution in [0.3, 0.4) is 0 Å². The second-order valence-electron chi connectivity index (χ2n) is 6.78. The molecule has 0 atom stereocenters. The van der Waals surface area contributed by atoms with Crippen molar-refractivity contribution in [3.8, 4) is 5.75 Å². The second kappa shape index (κ2) is 9.82. The summed E-state index contributed by atoms with van der Waals surface area (Å²) in [6.07, 6.45) is 0.356. The molecule has 1 aliphatic rings. The maximum Gasteiger partial charge on any atom is 0.226 e. The van der Waals surface area contributed by atoms with Crippen molar-refractivity contribution in [1.29, 1.82) is 0 Å². The maximum absolute atomic E-state index is 12.3. The van der Waals surface area contributed by atoms with Crippen molar-refractivity contribution in [2.75, 3.05) is 40.0 Å². The van der Waals surface area contributed by atoms with Gasteiger partial charge in [-0.1, -0.05) is 17.7 Å². The van der Waals surface area contributed by atoms with Gasteiger partial charge < -0.3 is 14.4 Å². The van der Waals surface area contributed by atoms with Gasteiger partial charge in [0, 0.05) is 25.5 Å². The van der Waals surface area contributed by atoms with E-state index < -0.39 is 0 Å². The molecule has 1 saturated heterocycles. The SMILES string of the molecule is Cc1ccc(OCCC(=O)N(C)Cc2csc(CN3CCOCC3)n2)cc1. The van der Waals surface area contributed by atoms with Crippen LogP contribution in [0.2, 0.25) is 0 Å². The Labute approximate surface area is 164 Å². The normalized spacial score (nSPS) is 14.9. The molecule has 27 heavy (non-hydrogen) atoms. The van der Waals surface area contributed by atoms with Crippen molar-refractivity contribution in [3.05, 3.63) is 45.9 Å². The van der Waals surface area contributed by atoms with Gasteiger partial charge in [-0.2, -0.15) is 0 Å². The van der Waals surface area contributed by atoms with Crippen LogP contribution in [0.25, 0.3) is 0 Å². The van der Waals surface area contributed by atoms with Gasteiger partial charge in [0.05, 0.1) is 45.0 Å². The average molecular weight is 390 g/mol. The lowest BCUT2D eigenvalue weighted by atomic mass is 10.2. The largest absolute Gasteiger partial charge is 0.493 e. The molecule has 0 bridgehead atoms. The van der Waals surface area contributed by atoms with Crippen LogP contribution in [0.4, 0.5) is 0 Å². The molecule has 1 aromatic heterocycles. The quantitative estimate of drug-likeness (QED) is 0.695. The first-order valence-corrected chi connectivity index (χ1v) is 10.1. The summed E-state index contributed by atoms with van der Waals surface area (Å²) in [6, 6.07) is 7.85. The molecule has 146 valence electrons. The Hall–Kier alpha value is -1.96. The zero-order chi connectivity index (χ0) is 19.1. The first-order valence-electron chi connectivity index (χ1n) is 9.27. The molecule has 0 unspecified atom stereocenters. The summed E-state index contributed by atoms with van der Waals surface area (Å²) in [6.45, 7) is 7.29. The van der Waals surface area contributed by atoms with Gasteiger partial charge in [-0.15, -0.1) is 11.3 Å². The van der Waals surface area contributed by atoms with Gasteiger partial charge in [0.15, 0.2) is 0 Å². The average Bonchev–Trinajstić information content (AvgIpc) is 3.10. The smallest absolute Gasteiger partial charge is 0.226 e. The molecule has 1 fully saturated rings. The summed E-state index contributed by atoms with van der Waals surface area (Å²) >= 11 is 1.66. The van der Waals surface area contributed by atoms with Crippen molar-refractivity contribution < 1.29 is 14.3 Å². The predicted octanol–water partition coefficient (Wildman–Crippen LogP) is 2.71. The zero-order valence-corrected chi connectivity index (χ0v) is 16.8. The minimum atomic E-state index is 0.0600. The van der Waals surface area contributed by atoms with E-state index in [4.69, 9.17) is 9.47 Å². The third-order valence-corrected chi connectivity index (χ3v) is 5.37. The van der Waals surface area contributed by atoms with Crippen LogP contribution in [0.5, 0.6) is 5.75 Å². The van der Waals surface area contributed by atoms with E-state index >= 15 is 0 Å². The lowest BCUT2D eigenvalue weighted by Crippen LogP contribution is -2.35. The summed E-state index contributed by atoms with van der Waals surface area (Å²) in [5, 5.41) is 3.14. The predicted molar refractivity (Wildman–Crippen MR) is 106 cm³/mol. The molecule has 7 heteroatoms. The van der Waals surface area contributed by atoms with Gasteiger partial charge in [0.25, 0.3) is 0 Å². The van der Waals surface area contributed by atoms with E-state index in [0.717, 1.165) is 49.3 Å². The van der Waals surface area contributed by atoms with E-state index in [1.807, 2.05) is 43.6 Å². The van der Waals surface area contributed by atoms with Crippen LogP contribution in [0, 0.1) is 6.92 Å². The number of ether oxygens (including phenoxy) is 2. The van der Waals surface area contributed by atoms with E-state index in [-0.39, 0.29) is 5.91 Å². The van der Waals surface area contributed by atoms with Crippen molar-refractivity contribution in [1.82, 2.24) is 14.8 Å². The van der Waals surface area contributed by atoms with Gasteiger partial charge in [-0.25, -0.2) is 4.98 Å². The maximum atomic E-state index is 12.3. The third-order valence-electron chi connectivity index (χ3n) is 4.49. The summed E-state index contributed by atoms with van der Waals surface area (Å²) in [7, 11) is 1.81. The van der Waals surface area contributed by atoms with Crippen molar-refractivity contribution in [2.45, 2.75) is 26.4 Å². The van der Waals surface area contributed by atoms with Crippen LogP contribution < -0.4 is 4.74 Å². The number of carbonyl (C=O) groups is 1. The highest BCUT2D eigenvalue weighted by Gasteiger charge is 2.15. The van der Waals surface area contributed by atoms with Crippen LogP contribution in [0.15, 0.2) is 29.6 Å². The van der Waals surface area contributed by atoms with Crippen LogP contribution >= 0.6 is 11.3 Å². The number of aromatic nitrogens is 1. The molecule has 0 spiro atoms. The molecule has 0 saturated carbocycles. The fourth-order valence-corrected chi connectivity index (χ4v) is 3.68. The fraction of sp³-hybridized carbons (Fsp3) is 0.500. The number of hydrogen-bond acceptors (Lipinski definition) is 6. The van der Waals surface area contributed by atoms with Crippen molar-refractivity contribution in [2.24, 2.45) is 0 Å². The van der Waals surface area contributed by atoms with Crippen LogP contribution in [-0.2, 0) is 22.6 Å². The van der Waals surface area contributed by atoms with Gasteiger partial charge in [0.1, 0.15) is 10.8 Å². The molecule has 0 aliphatic carbocycles. The van der Waals surface area contributed by atoms with E-state index in [1.54, 1.807) is 16.2 Å². The molecule has 6 nitrogen and oxygen atoms in total. The molecular formula is C20H27N3O3S. The third kappa shape index (κ3) is 6.30. The number of carbonyl (C=O) groups excluding carboxylic acids is 1. The Morgan fingerprint density at radius 2 is 2.04 bits per heavy atom. The number of hydrogen-bond donors (Lipinski definition) is 0. The van der Waals surface area contributed by atoms with Gasteiger partial charge in [0.2, 0.25) is 5.91 Å². The Balaban J connectivity index is 1.40. The Morgan fingerprint density at radius 3 is 2.78 bits per heavy atom. The second-order valence-corrected chi connectivity index (χ2v) is 7.73. The molecule has 3 rings (SSSR count). The van der Waals surface area contributed by atoms with Crippen LogP contribution in [0.1, 0.15) is 22.7 Å². The van der Waals surface area contributed by atoms with Crippen LogP contribution in [-0.4, -0.2) is 60.6 Å². The number of morpholine rings is 1. The highest BCUT2D eigenvalue weighted by atomic mass is 32.1. The van der Waals surface area contributed by atoms with Gasteiger partial charge in [-0.3, -0.25) is 9.69 Å². The van der Waals surface area contributed by atoms with E-state index in [1.165, 1.54) is 5.56 Å². The molecule has 2 heterocycles. The van der Waals surface area contributed by atoms with E-state index in [2.05, 4.69) is 9.88 Å². The number of nitrogens with zero attached hydrogens (tertiary/aromatic N) is 3. The van der Waals surface area contributed by atoms with Crippen molar-refractivity contribution >= 4 is 17.2 Å². The highest BCUT2D eigenvalue weighted by Crippen LogP contribution is 2.15. The standard InChI is InChI=1S/C20H27N3O3S/c1-16-3-5-18(6-4-16)26-10-7-20(24)22(2)13-17-15-27-19(21-17)14-23-8-11-25-12-9-23/h3-6,15H,7-14H2,1-2H3. The molecular weight excluding hydrogens is 362 g/mol. The summed E-state index contributed by atoms with van der Waals surface area (Å²) in [4.78, 5) is 21.1. The zero-order valence-electron chi connectivity index (χ0n) is 16.0. The van der Waals surface area contributed by atoms with E-state index in [0.29, 0.717) is 19.6 Å². The topological polar surface area (TPSA) is 54.9 Å². The Bertz CT molecular complexity index is 726. The van der Waals surface area contributed by atoms with E-state index in [9.17, 15) is 4.79 Å². The minimum Gasteiger partial charge on any atom is -0.493 e. The highest BCUT2D eigenvalue weighted by molar-refractivity contribution is 7.09. The number of benzene rings is 1. The molecule has 2 aromatic rings. The summed E-state index contributed by atoms with van der Waals surface area (Å²) in [5.41, 5.74) is 2.13. The number of rotatable bonds is 8. The fourth-order valence-electron chi connectivity index (χ4n) is 2.86. The minimum absolute atomic E-state index is 0.0600. The monoisotopic (exact) mass is 389 g/mol. The Morgan fingerprint density at radius 1 is 1.30 bits per heavy atom. The van der Waals surface area contributed by atoms with Gasteiger partial charge in [-0.05, 0) is 19.1 Å². The summed E-state index contributed by atoms with van der Waals surface area (Å²) < 4.78 is 11.0. The molecule has 1 amide bonds. The summed E-state index contributed by atoms with van der Waals surface area (Å²) in [5.74, 6) is 0.855. The molecule has 0 radical (unpaired) electrons. The first-order chi connectivity index (χ1) is 13.1. The Kier molecular flexibility index (Phi) is 7.20. The number of aryl methyl sites for hydroxylation is 1. The number of thiazole rings is 1. The van der Waals surface area contributed by atoms with Gasteiger partial charge >= 0.3 is 0 Å². The molecule has 1 aliphatic heterocycles.